The van der Waals surface area contributed by atoms with Gasteiger partial charge in [-0.15, -0.1) is 0 Å². The van der Waals surface area contributed by atoms with E-state index in [4.69, 9.17) is 5.73 Å². The first-order chi connectivity index (χ1) is 9.10. The summed E-state index contributed by atoms with van der Waals surface area (Å²) >= 11 is 0. The maximum atomic E-state index is 10.4. The highest BCUT2D eigenvalue weighted by Gasteiger charge is 2.35. The number of para-hydroxylation sites is 1. The summed E-state index contributed by atoms with van der Waals surface area (Å²) in [7, 11) is 0. The number of aliphatic hydroxyl groups is 1. The molecular formula is C16H26N2O. The number of hydrogen-bond donors (Lipinski definition) is 2. The number of rotatable bonds is 5. The molecule has 1 aromatic carbocycles. The van der Waals surface area contributed by atoms with Gasteiger partial charge in [-0.1, -0.05) is 32.0 Å². The Balaban J connectivity index is 1.98. The second-order valence-electron chi connectivity index (χ2n) is 5.84. The minimum absolute atomic E-state index is 0.460. The molecule has 0 radical (unpaired) electrons. The lowest BCUT2D eigenvalue weighted by molar-refractivity contribution is 0.117. The fraction of sp³-hybridized carbons (Fsp3) is 0.625. The summed E-state index contributed by atoms with van der Waals surface area (Å²) < 4.78 is 0. The largest absolute Gasteiger partial charge is 0.398 e. The molecule has 3 N–H and O–H groups in total. The molecule has 1 aliphatic heterocycles. The minimum Gasteiger partial charge on any atom is -0.398 e. The van der Waals surface area contributed by atoms with Crippen LogP contribution >= 0.6 is 0 Å². The zero-order valence-electron chi connectivity index (χ0n) is 12.1. The predicted octanol–water partition coefficient (Wildman–Crippen LogP) is 2.81. The van der Waals surface area contributed by atoms with E-state index in [2.05, 4.69) is 18.7 Å². The number of nitrogens with two attached hydrogens (primary N) is 1. The molecule has 0 amide bonds. The number of hydrogen-bond acceptors (Lipinski definition) is 3. The summed E-state index contributed by atoms with van der Waals surface area (Å²) in [5, 5.41) is 10.4. The Bertz CT molecular complexity index is 415. The lowest BCUT2D eigenvalue weighted by atomic mass is 9.82. The molecule has 0 aliphatic carbocycles. The van der Waals surface area contributed by atoms with Crippen molar-refractivity contribution in [2.75, 3.05) is 25.4 Å². The molecule has 3 heteroatoms. The summed E-state index contributed by atoms with van der Waals surface area (Å²) in [5.41, 5.74) is 7.92. The van der Waals surface area contributed by atoms with Gasteiger partial charge < -0.3 is 10.8 Å². The quantitative estimate of drug-likeness (QED) is 0.802. The fourth-order valence-electron chi connectivity index (χ4n) is 3.17. The average Bonchev–Trinajstić information content (AvgIpc) is 2.83. The van der Waals surface area contributed by atoms with Gasteiger partial charge >= 0.3 is 0 Å². The van der Waals surface area contributed by atoms with Crippen LogP contribution in [0, 0.1) is 5.41 Å². The Labute approximate surface area is 116 Å². The fourth-order valence-corrected chi connectivity index (χ4v) is 3.17. The molecular weight excluding hydrogens is 236 g/mol. The van der Waals surface area contributed by atoms with Crippen LogP contribution in [-0.4, -0.2) is 29.6 Å². The van der Waals surface area contributed by atoms with Gasteiger partial charge in [-0.05, 0) is 37.3 Å². The lowest BCUT2D eigenvalue weighted by Crippen LogP contribution is -2.30. The van der Waals surface area contributed by atoms with E-state index < -0.39 is 6.10 Å². The highest BCUT2D eigenvalue weighted by Crippen LogP contribution is 2.37. The van der Waals surface area contributed by atoms with Gasteiger partial charge in [-0.25, -0.2) is 0 Å². The van der Waals surface area contributed by atoms with Crippen molar-refractivity contribution in [1.29, 1.82) is 0 Å². The monoisotopic (exact) mass is 262 g/mol. The molecule has 2 rings (SSSR count). The van der Waals surface area contributed by atoms with Gasteiger partial charge in [-0.2, -0.15) is 0 Å². The van der Waals surface area contributed by atoms with Gasteiger partial charge in [0.1, 0.15) is 0 Å². The molecule has 0 spiro atoms. The van der Waals surface area contributed by atoms with Crippen LogP contribution in [0.1, 0.15) is 44.8 Å². The van der Waals surface area contributed by atoms with Crippen molar-refractivity contribution in [1.82, 2.24) is 4.90 Å². The first kappa shape index (κ1) is 14.4. The van der Waals surface area contributed by atoms with E-state index in [1.54, 1.807) is 0 Å². The van der Waals surface area contributed by atoms with E-state index in [9.17, 15) is 5.11 Å². The van der Waals surface area contributed by atoms with Crippen molar-refractivity contribution in [2.45, 2.75) is 39.2 Å². The van der Waals surface area contributed by atoms with E-state index in [0.717, 1.165) is 18.7 Å². The van der Waals surface area contributed by atoms with Crippen LogP contribution in [0.5, 0.6) is 0 Å². The van der Waals surface area contributed by atoms with Gasteiger partial charge in [0, 0.05) is 24.3 Å². The Kier molecular flexibility index (Phi) is 4.48. The molecule has 1 saturated heterocycles. The Hall–Kier alpha value is -1.06. The van der Waals surface area contributed by atoms with Crippen LogP contribution in [0.4, 0.5) is 5.69 Å². The molecule has 1 atom stereocenters. The number of anilines is 1. The number of aliphatic hydroxyl groups excluding tert-OH is 1. The van der Waals surface area contributed by atoms with Gasteiger partial charge in [-0.3, -0.25) is 4.90 Å². The second kappa shape index (κ2) is 5.93. The van der Waals surface area contributed by atoms with Crippen molar-refractivity contribution < 1.29 is 5.11 Å². The van der Waals surface area contributed by atoms with Gasteiger partial charge in [0.15, 0.2) is 0 Å². The van der Waals surface area contributed by atoms with Gasteiger partial charge in [0.25, 0.3) is 0 Å². The van der Waals surface area contributed by atoms with Crippen LogP contribution in [0.2, 0.25) is 0 Å². The van der Waals surface area contributed by atoms with Crippen molar-refractivity contribution >= 4 is 5.69 Å². The molecule has 0 saturated carbocycles. The molecule has 0 bridgehead atoms. The summed E-state index contributed by atoms with van der Waals surface area (Å²) in [5.74, 6) is 0. The maximum Gasteiger partial charge on any atom is 0.0936 e. The summed E-state index contributed by atoms with van der Waals surface area (Å²) in [6, 6.07) is 7.61. The zero-order chi connectivity index (χ0) is 13.9. The number of β-amino-alcohol motifs (C(OH)–C–C–N with tert-alkyl or cyclic N) is 1. The van der Waals surface area contributed by atoms with Gasteiger partial charge in [0.05, 0.1) is 6.10 Å². The van der Waals surface area contributed by atoms with E-state index in [-0.39, 0.29) is 0 Å². The standard InChI is InChI=1S/C16H26N2O/c1-3-16(4-2)9-10-18(12-16)11-15(19)13-7-5-6-8-14(13)17/h5-8,15,19H,3-4,9-12,17H2,1-2H3. The molecule has 1 aromatic rings. The van der Waals surface area contributed by atoms with Crippen molar-refractivity contribution in [2.24, 2.45) is 5.41 Å². The van der Waals surface area contributed by atoms with E-state index in [1.165, 1.54) is 19.3 Å². The molecule has 3 nitrogen and oxygen atoms in total. The SMILES string of the molecule is CCC1(CC)CCN(CC(O)c2ccccc2N)C1. The third kappa shape index (κ3) is 3.10. The van der Waals surface area contributed by atoms with Crippen LogP contribution < -0.4 is 5.73 Å². The van der Waals surface area contributed by atoms with Crippen LogP contribution in [0.3, 0.4) is 0 Å². The second-order valence-corrected chi connectivity index (χ2v) is 5.84. The first-order valence-corrected chi connectivity index (χ1v) is 7.35. The predicted molar refractivity (Wildman–Crippen MR) is 79.9 cm³/mol. The summed E-state index contributed by atoms with van der Waals surface area (Å²) in [4.78, 5) is 2.38. The van der Waals surface area contributed by atoms with E-state index in [0.29, 0.717) is 17.6 Å². The molecule has 1 heterocycles. The molecule has 1 fully saturated rings. The van der Waals surface area contributed by atoms with Crippen LogP contribution in [0.25, 0.3) is 0 Å². The summed E-state index contributed by atoms with van der Waals surface area (Å²) in [6.07, 6.45) is 3.22. The first-order valence-electron chi connectivity index (χ1n) is 7.35. The highest BCUT2D eigenvalue weighted by atomic mass is 16.3. The number of likely N-dealkylation sites (tertiary alicyclic amines) is 1. The normalized spacial score (nSPS) is 20.6. The number of nitrogens with zero attached hydrogens (tertiary/aromatic N) is 1. The molecule has 19 heavy (non-hydrogen) atoms. The zero-order valence-corrected chi connectivity index (χ0v) is 12.1. The Morgan fingerprint density at radius 1 is 1.32 bits per heavy atom. The van der Waals surface area contributed by atoms with E-state index >= 15 is 0 Å². The highest BCUT2D eigenvalue weighted by molar-refractivity contribution is 5.47. The van der Waals surface area contributed by atoms with Crippen molar-refractivity contribution in [3.8, 4) is 0 Å². The number of nitrogen functional groups attached to an aromatic ring is 1. The lowest BCUT2D eigenvalue weighted by Gasteiger charge is -2.27. The minimum atomic E-state index is -0.481. The molecule has 1 unspecified atom stereocenters. The Morgan fingerprint density at radius 3 is 2.58 bits per heavy atom. The van der Waals surface area contributed by atoms with E-state index in [1.807, 2.05) is 24.3 Å². The Morgan fingerprint density at radius 2 is 2.00 bits per heavy atom. The smallest absolute Gasteiger partial charge is 0.0936 e. The van der Waals surface area contributed by atoms with Crippen molar-refractivity contribution in [3.05, 3.63) is 29.8 Å². The molecule has 0 aromatic heterocycles. The van der Waals surface area contributed by atoms with Gasteiger partial charge in [0.2, 0.25) is 0 Å². The van der Waals surface area contributed by atoms with Crippen LogP contribution in [0.15, 0.2) is 24.3 Å². The number of benzene rings is 1. The summed E-state index contributed by atoms with van der Waals surface area (Å²) in [6.45, 7) is 7.43. The third-order valence-electron chi connectivity index (χ3n) is 4.80. The van der Waals surface area contributed by atoms with Crippen LogP contribution in [-0.2, 0) is 0 Å². The topological polar surface area (TPSA) is 49.5 Å². The molecule has 106 valence electrons. The maximum absolute atomic E-state index is 10.4. The average molecular weight is 262 g/mol. The van der Waals surface area contributed by atoms with Crippen molar-refractivity contribution in [3.63, 3.8) is 0 Å². The third-order valence-corrected chi connectivity index (χ3v) is 4.80. The molecule has 1 aliphatic rings.